The van der Waals surface area contributed by atoms with Crippen molar-refractivity contribution in [1.82, 2.24) is 20.0 Å². The Labute approximate surface area is 112 Å². The highest BCUT2D eigenvalue weighted by molar-refractivity contribution is 6.29. The van der Waals surface area contributed by atoms with Crippen LogP contribution in [0.4, 0.5) is 0 Å². The minimum atomic E-state index is -0.112. The van der Waals surface area contributed by atoms with E-state index in [1.165, 1.54) is 6.42 Å². The topological polar surface area (TPSA) is 49.3 Å². The molecular weight excluding hydrogens is 252 g/mol. The molecule has 6 heteroatoms. The Bertz CT molecular complexity index is 423. The number of aromatic nitrogens is 2. The van der Waals surface area contributed by atoms with E-state index in [1.54, 1.807) is 24.1 Å². The third kappa shape index (κ3) is 2.97. The number of hydrogen-bond donors (Lipinski definition) is 0. The molecule has 0 radical (unpaired) electrons. The molecule has 2 heterocycles. The van der Waals surface area contributed by atoms with Crippen molar-refractivity contribution in [2.24, 2.45) is 0 Å². The van der Waals surface area contributed by atoms with Gasteiger partial charge in [0.1, 0.15) is 0 Å². The van der Waals surface area contributed by atoms with Gasteiger partial charge in [0.05, 0.1) is 0 Å². The summed E-state index contributed by atoms with van der Waals surface area (Å²) >= 11 is 5.65. The summed E-state index contributed by atoms with van der Waals surface area (Å²) in [6.45, 7) is 1.83. The van der Waals surface area contributed by atoms with E-state index in [2.05, 4.69) is 22.1 Å². The predicted molar refractivity (Wildman–Crippen MR) is 69.7 cm³/mol. The summed E-state index contributed by atoms with van der Waals surface area (Å²) in [4.78, 5) is 16.1. The lowest BCUT2D eigenvalue weighted by molar-refractivity contribution is 0.0754. The molecule has 1 aromatic rings. The van der Waals surface area contributed by atoms with Gasteiger partial charge in [0.2, 0.25) is 0 Å². The largest absolute Gasteiger partial charge is 0.339 e. The molecule has 5 nitrogen and oxygen atoms in total. The van der Waals surface area contributed by atoms with E-state index in [9.17, 15) is 4.79 Å². The van der Waals surface area contributed by atoms with Gasteiger partial charge < -0.3 is 9.80 Å². The SMILES string of the molecule is CN(CC1CCCN1C)C(=O)c1ccc(Cl)nn1. The molecule has 1 aromatic heterocycles. The molecule has 0 bridgehead atoms. The van der Waals surface area contributed by atoms with E-state index < -0.39 is 0 Å². The van der Waals surface area contributed by atoms with Crippen LogP contribution in [0, 0.1) is 0 Å². The van der Waals surface area contributed by atoms with Crippen molar-refractivity contribution in [2.75, 3.05) is 27.2 Å². The average molecular weight is 269 g/mol. The maximum Gasteiger partial charge on any atom is 0.274 e. The number of carbonyl (C=O) groups is 1. The van der Waals surface area contributed by atoms with Crippen molar-refractivity contribution >= 4 is 17.5 Å². The first kappa shape index (κ1) is 13.2. The highest BCUT2D eigenvalue weighted by Crippen LogP contribution is 2.16. The van der Waals surface area contributed by atoms with Crippen molar-refractivity contribution in [3.8, 4) is 0 Å². The fourth-order valence-electron chi connectivity index (χ4n) is 2.23. The second kappa shape index (κ2) is 5.63. The Kier molecular flexibility index (Phi) is 4.14. The van der Waals surface area contributed by atoms with E-state index in [-0.39, 0.29) is 5.91 Å². The lowest BCUT2D eigenvalue weighted by Gasteiger charge is -2.25. The average Bonchev–Trinajstić information content (AvgIpc) is 2.75. The number of rotatable bonds is 3. The minimum absolute atomic E-state index is 0.112. The molecule has 1 aliphatic heterocycles. The Balaban J connectivity index is 1.98. The number of hydrogen-bond acceptors (Lipinski definition) is 4. The number of amides is 1. The molecule has 0 spiro atoms. The van der Waals surface area contributed by atoms with Crippen LogP contribution in [0.15, 0.2) is 12.1 Å². The highest BCUT2D eigenvalue weighted by atomic mass is 35.5. The second-order valence-electron chi connectivity index (χ2n) is 4.70. The quantitative estimate of drug-likeness (QED) is 0.829. The molecule has 1 saturated heterocycles. The number of nitrogens with zero attached hydrogens (tertiary/aromatic N) is 4. The van der Waals surface area contributed by atoms with Gasteiger partial charge >= 0.3 is 0 Å². The fourth-order valence-corrected chi connectivity index (χ4v) is 2.34. The Hall–Kier alpha value is -1.20. The summed E-state index contributed by atoms with van der Waals surface area (Å²) < 4.78 is 0. The standard InChI is InChI=1S/C12H17ClN4O/c1-16-7-3-4-9(16)8-17(2)12(18)10-5-6-11(13)15-14-10/h5-6,9H,3-4,7-8H2,1-2H3. The van der Waals surface area contributed by atoms with E-state index in [4.69, 9.17) is 11.6 Å². The molecule has 18 heavy (non-hydrogen) atoms. The summed E-state index contributed by atoms with van der Waals surface area (Å²) in [5.41, 5.74) is 0.336. The van der Waals surface area contributed by atoms with Gasteiger partial charge in [-0.15, -0.1) is 10.2 Å². The summed E-state index contributed by atoms with van der Waals surface area (Å²) in [5, 5.41) is 7.79. The lowest BCUT2D eigenvalue weighted by Crippen LogP contribution is -2.39. The zero-order valence-corrected chi connectivity index (χ0v) is 11.4. The van der Waals surface area contributed by atoms with Crippen LogP contribution < -0.4 is 0 Å². The predicted octanol–water partition coefficient (Wildman–Crippen LogP) is 1.30. The monoisotopic (exact) mass is 268 g/mol. The van der Waals surface area contributed by atoms with E-state index in [0.29, 0.717) is 16.9 Å². The van der Waals surface area contributed by atoms with Gasteiger partial charge in [0.25, 0.3) is 5.91 Å². The van der Waals surface area contributed by atoms with Gasteiger partial charge in [-0.2, -0.15) is 0 Å². The summed E-state index contributed by atoms with van der Waals surface area (Å²) in [5.74, 6) is -0.112. The van der Waals surface area contributed by atoms with Gasteiger partial charge in [0, 0.05) is 19.6 Å². The van der Waals surface area contributed by atoms with E-state index in [1.807, 2.05) is 0 Å². The summed E-state index contributed by atoms with van der Waals surface area (Å²) in [7, 11) is 3.89. The normalized spacial score (nSPS) is 20.1. The Morgan fingerprint density at radius 2 is 2.33 bits per heavy atom. The first-order chi connectivity index (χ1) is 8.58. The zero-order chi connectivity index (χ0) is 13.1. The highest BCUT2D eigenvalue weighted by Gasteiger charge is 2.24. The maximum absolute atomic E-state index is 12.1. The third-order valence-electron chi connectivity index (χ3n) is 3.35. The molecule has 0 N–H and O–H groups in total. The van der Waals surface area contributed by atoms with Crippen LogP contribution in [-0.2, 0) is 0 Å². The van der Waals surface area contributed by atoms with Gasteiger partial charge in [-0.1, -0.05) is 11.6 Å². The molecule has 1 unspecified atom stereocenters. The van der Waals surface area contributed by atoms with Gasteiger partial charge in [-0.3, -0.25) is 4.79 Å². The second-order valence-corrected chi connectivity index (χ2v) is 5.09. The van der Waals surface area contributed by atoms with Crippen LogP contribution in [0.1, 0.15) is 23.3 Å². The molecule has 0 aliphatic carbocycles. The van der Waals surface area contributed by atoms with Crippen molar-refractivity contribution < 1.29 is 4.79 Å². The molecule has 1 atom stereocenters. The molecule has 1 amide bonds. The van der Waals surface area contributed by atoms with Gasteiger partial charge in [-0.25, -0.2) is 0 Å². The molecule has 98 valence electrons. The van der Waals surface area contributed by atoms with Crippen LogP contribution in [0.5, 0.6) is 0 Å². The molecule has 1 aliphatic rings. The van der Waals surface area contributed by atoms with Crippen molar-refractivity contribution in [1.29, 1.82) is 0 Å². The summed E-state index contributed by atoms with van der Waals surface area (Å²) in [6, 6.07) is 3.63. The van der Waals surface area contributed by atoms with Gasteiger partial charge in [-0.05, 0) is 38.6 Å². The molecule has 2 rings (SSSR count). The third-order valence-corrected chi connectivity index (χ3v) is 3.56. The lowest BCUT2D eigenvalue weighted by atomic mass is 10.2. The smallest absolute Gasteiger partial charge is 0.274 e. The first-order valence-electron chi connectivity index (χ1n) is 6.03. The van der Waals surface area contributed by atoms with Crippen molar-refractivity contribution in [3.05, 3.63) is 23.0 Å². The maximum atomic E-state index is 12.1. The Morgan fingerprint density at radius 1 is 1.56 bits per heavy atom. The van der Waals surface area contributed by atoms with Crippen LogP contribution >= 0.6 is 11.6 Å². The van der Waals surface area contributed by atoms with E-state index >= 15 is 0 Å². The molecule has 0 saturated carbocycles. The fraction of sp³-hybridized carbons (Fsp3) is 0.583. The minimum Gasteiger partial charge on any atom is -0.339 e. The zero-order valence-electron chi connectivity index (χ0n) is 10.6. The van der Waals surface area contributed by atoms with Crippen LogP contribution in [0.2, 0.25) is 5.15 Å². The first-order valence-corrected chi connectivity index (χ1v) is 6.40. The molecular formula is C12H17ClN4O. The van der Waals surface area contributed by atoms with Crippen molar-refractivity contribution in [2.45, 2.75) is 18.9 Å². The van der Waals surface area contributed by atoms with Crippen LogP contribution in [0.25, 0.3) is 0 Å². The number of likely N-dealkylation sites (N-methyl/N-ethyl adjacent to an activating group) is 2. The van der Waals surface area contributed by atoms with Crippen LogP contribution in [-0.4, -0.2) is 59.1 Å². The van der Waals surface area contributed by atoms with Gasteiger partial charge in [0.15, 0.2) is 10.8 Å². The number of halogens is 1. The Morgan fingerprint density at radius 3 is 2.89 bits per heavy atom. The van der Waals surface area contributed by atoms with E-state index in [0.717, 1.165) is 19.5 Å². The number of likely N-dealkylation sites (tertiary alicyclic amines) is 1. The molecule has 1 fully saturated rings. The summed E-state index contributed by atoms with van der Waals surface area (Å²) in [6.07, 6.45) is 2.34. The van der Waals surface area contributed by atoms with Crippen molar-refractivity contribution in [3.63, 3.8) is 0 Å². The van der Waals surface area contributed by atoms with Crippen LogP contribution in [0.3, 0.4) is 0 Å². The molecule has 0 aromatic carbocycles. The number of carbonyl (C=O) groups excluding carboxylic acids is 1.